The molecule has 0 N–H and O–H groups in total. The van der Waals surface area contributed by atoms with Crippen LogP contribution in [0.25, 0.3) is 0 Å². The van der Waals surface area contributed by atoms with Gasteiger partial charge in [0.25, 0.3) is 0 Å². The van der Waals surface area contributed by atoms with Crippen LogP contribution in [0.5, 0.6) is 5.75 Å². The van der Waals surface area contributed by atoms with Crippen molar-refractivity contribution < 1.29 is 18.3 Å². The Labute approximate surface area is 210 Å². The van der Waals surface area contributed by atoms with Gasteiger partial charge in [0.15, 0.2) is 11.6 Å². The molecule has 3 aliphatic rings. The van der Waals surface area contributed by atoms with Gasteiger partial charge in [0.05, 0.1) is 5.92 Å². The van der Waals surface area contributed by atoms with Crippen LogP contribution in [0.1, 0.15) is 89.0 Å². The van der Waals surface area contributed by atoms with E-state index in [2.05, 4.69) is 19.2 Å². The third-order valence-corrected chi connectivity index (χ3v) is 9.27. The van der Waals surface area contributed by atoms with Crippen molar-refractivity contribution in [1.29, 1.82) is 0 Å². The van der Waals surface area contributed by atoms with Gasteiger partial charge in [-0.05, 0) is 125 Å². The molecule has 2 nitrogen and oxygen atoms in total. The van der Waals surface area contributed by atoms with Crippen LogP contribution in [0.15, 0.2) is 37.4 Å². The summed E-state index contributed by atoms with van der Waals surface area (Å²) in [7, 11) is 0. The van der Waals surface area contributed by atoms with Crippen LogP contribution in [0.2, 0.25) is 0 Å². The molecule has 4 unspecified atom stereocenters. The Hall–Kier alpha value is -1.97. The third kappa shape index (κ3) is 6.43. The lowest BCUT2D eigenvalue weighted by atomic mass is 9.60. The number of hydrogen-bond donors (Lipinski definition) is 0. The fraction of sp³-hybridized carbons (Fsp3) is 0.645. The zero-order valence-corrected chi connectivity index (χ0v) is 21.2. The van der Waals surface area contributed by atoms with Gasteiger partial charge in [-0.1, -0.05) is 24.6 Å². The van der Waals surface area contributed by atoms with E-state index in [1.807, 2.05) is 0 Å². The van der Waals surface area contributed by atoms with Crippen LogP contribution >= 0.6 is 0 Å². The van der Waals surface area contributed by atoms with Gasteiger partial charge in [0.1, 0.15) is 0 Å². The maximum atomic E-state index is 14.5. The van der Waals surface area contributed by atoms with Crippen molar-refractivity contribution >= 4 is 5.97 Å². The highest BCUT2D eigenvalue weighted by atomic mass is 19.2. The van der Waals surface area contributed by atoms with E-state index in [1.54, 1.807) is 6.08 Å². The Morgan fingerprint density at radius 1 is 0.829 bits per heavy atom. The standard InChI is InChI=1S/C31H42F2O2/c1-3-5-7-21-9-10-27-20-26(16-15-25(27)19-21)22-11-13-24(14-12-22)31(34)35-28-18-17-23(8-6-4-2)29(32)30(28)33/h3-4,17-18,21-22,24-27H,1-2,5-16,19-20H2. The average Bonchev–Trinajstić information content (AvgIpc) is 2.89. The molecule has 4 atom stereocenters. The monoisotopic (exact) mass is 484 g/mol. The van der Waals surface area contributed by atoms with E-state index in [4.69, 9.17) is 4.74 Å². The lowest BCUT2D eigenvalue weighted by molar-refractivity contribution is -0.140. The second kappa shape index (κ2) is 12.3. The Bertz CT molecular complexity index is 886. The third-order valence-electron chi connectivity index (χ3n) is 9.27. The summed E-state index contributed by atoms with van der Waals surface area (Å²) in [6.45, 7) is 7.49. The largest absolute Gasteiger partial charge is 0.423 e. The summed E-state index contributed by atoms with van der Waals surface area (Å²) in [6, 6.07) is 2.88. The molecule has 0 aliphatic heterocycles. The van der Waals surface area contributed by atoms with Gasteiger partial charge in [-0.3, -0.25) is 4.79 Å². The predicted octanol–water partition coefficient (Wildman–Crippen LogP) is 8.59. The number of fused-ring (bicyclic) bond motifs is 1. The molecule has 3 aliphatic carbocycles. The SMILES string of the molecule is C=CCCc1ccc(OC(=O)C2CCC(C3CCC4CC(CCC=C)CCC4C3)CC2)c(F)c1F. The van der Waals surface area contributed by atoms with Crippen molar-refractivity contribution in [3.63, 3.8) is 0 Å². The molecule has 35 heavy (non-hydrogen) atoms. The number of esters is 1. The molecule has 0 amide bonds. The molecule has 0 heterocycles. The molecule has 1 aromatic carbocycles. The second-order valence-electron chi connectivity index (χ2n) is 11.3. The summed E-state index contributed by atoms with van der Waals surface area (Å²) in [5, 5.41) is 0. The van der Waals surface area contributed by atoms with Gasteiger partial charge in [-0.2, -0.15) is 4.39 Å². The molecule has 3 fully saturated rings. The predicted molar refractivity (Wildman–Crippen MR) is 137 cm³/mol. The molecule has 0 bridgehead atoms. The second-order valence-corrected chi connectivity index (χ2v) is 11.3. The van der Waals surface area contributed by atoms with Crippen LogP contribution in [0.4, 0.5) is 8.78 Å². The molecule has 1 aromatic rings. The Morgan fingerprint density at radius 3 is 2.17 bits per heavy atom. The number of allylic oxidation sites excluding steroid dienone is 2. The van der Waals surface area contributed by atoms with E-state index in [0.717, 1.165) is 55.8 Å². The van der Waals surface area contributed by atoms with E-state index >= 15 is 0 Å². The highest BCUT2D eigenvalue weighted by molar-refractivity contribution is 5.75. The van der Waals surface area contributed by atoms with Crippen LogP contribution in [0.3, 0.4) is 0 Å². The highest BCUT2D eigenvalue weighted by Crippen LogP contribution is 2.49. The minimum atomic E-state index is -1.07. The van der Waals surface area contributed by atoms with Crippen LogP contribution in [-0.2, 0) is 11.2 Å². The molecule has 3 saturated carbocycles. The van der Waals surface area contributed by atoms with Gasteiger partial charge >= 0.3 is 5.97 Å². The number of rotatable bonds is 9. The van der Waals surface area contributed by atoms with Gasteiger partial charge in [0.2, 0.25) is 5.82 Å². The summed E-state index contributed by atoms with van der Waals surface area (Å²) in [4.78, 5) is 12.7. The molecular weight excluding hydrogens is 442 g/mol. The lowest BCUT2D eigenvalue weighted by Gasteiger charge is -2.45. The van der Waals surface area contributed by atoms with E-state index in [0.29, 0.717) is 18.8 Å². The first-order valence-corrected chi connectivity index (χ1v) is 13.9. The fourth-order valence-electron chi connectivity index (χ4n) is 7.19. The van der Waals surface area contributed by atoms with Crippen molar-refractivity contribution in [3.8, 4) is 5.75 Å². The smallest absolute Gasteiger partial charge is 0.314 e. The van der Waals surface area contributed by atoms with E-state index < -0.39 is 17.6 Å². The molecule has 4 heteroatoms. The zero-order chi connectivity index (χ0) is 24.8. The number of aryl methyl sites for hydroxylation is 1. The normalized spacial score (nSPS) is 30.8. The minimum absolute atomic E-state index is 0.217. The molecule has 4 rings (SSSR count). The summed E-state index contributed by atoms with van der Waals surface area (Å²) >= 11 is 0. The van der Waals surface area contributed by atoms with Crippen molar-refractivity contribution in [2.45, 2.75) is 89.9 Å². The number of benzene rings is 1. The van der Waals surface area contributed by atoms with Crippen molar-refractivity contribution in [3.05, 3.63) is 54.6 Å². The first-order valence-electron chi connectivity index (χ1n) is 13.9. The van der Waals surface area contributed by atoms with Crippen LogP contribution < -0.4 is 4.74 Å². The van der Waals surface area contributed by atoms with E-state index in [9.17, 15) is 13.6 Å². The van der Waals surface area contributed by atoms with Crippen molar-refractivity contribution in [2.24, 2.45) is 35.5 Å². The van der Waals surface area contributed by atoms with Gasteiger partial charge in [-0.15, -0.1) is 13.2 Å². The number of halogens is 2. The van der Waals surface area contributed by atoms with Crippen molar-refractivity contribution in [2.75, 3.05) is 0 Å². The van der Waals surface area contributed by atoms with Crippen molar-refractivity contribution in [1.82, 2.24) is 0 Å². The summed E-state index contributed by atoms with van der Waals surface area (Å²) in [5.74, 6) is 1.27. The molecule has 0 spiro atoms. The fourth-order valence-corrected chi connectivity index (χ4v) is 7.19. The number of hydrogen-bond acceptors (Lipinski definition) is 2. The lowest BCUT2D eigenvalue weighted by Crippen LogP contribution is -2.35. The average molecular weight is 485 g/mol. The molecule has 0 aromatic heterocycles. The first kappa shape index (κ1) is 26.1. The van der Waals surface area contributed by atoms with Gasteiger partial charge < -0.3 is 4.74 Å². The van der Waals surface area contributed by atoms with Gasteiger partial charge in [-0.25, -0.2) is 4.39 Å². The van der Waals surface area contributed by atoms with E-state index in [1.165, 1.54) is 57.1 Å². The zero-order valence-electron chi connectivity index (χ0n) is 21.2. The van der Waals surface area contributed by atoms with Gasteiger partial charge in [0, 0.05) is 0 Å². The minimum Gasteiger partial charge on any atom is -0.423 e. The number of carbonyl (C=O) groups excluding carboxylic acids is 1. The van der Waals surface area contributed by atoms with E-state index in [-0.39, 0.29) is 17.2 Å². The number of carbonyl (C=O) groups is 1. The Balaban J connectivity index is 1.24. The Morgan fingerprint density at radius 2 is 1.46 bits per heavy atom. The summed E-state index contributed by atoms with van der Waals surface area (Å²) < 4.78 is 34.1. The quantitative estimate of drug-likeness (QED) is 0.199. The van der Waals surface area contributed by atoms with Crippen LogP contribution in [-0.4, -0.2) is 5.97 Å². The maximum Gasteiger partial charge on any atom is 0.314 e. The molecular formula is C31H42F2O2. The summed E-state index contributed by atoms with van der Waals surface area (Å²) in [5.41, 5.74) is 0.280. The molecule has 0 radical (unpaired) electrons. The number of ether oxygens (including phenoxy) is 1. The van der Waals surface area contributed by atoms with Crippen LogP contribution in [0, 0.1) is 47.1 Å². The molecule has 0 saturated heterocycles. The highest BCUT2D eigenvalue weighted by Gasteiger charge is 2.39. The summed E-state index contributed by atoms with van der Waals surface area (Å²) in [6.07, 6.45) is 19.1. The maximum absolute atomic E-state index is 14.5. The topological polar surface area (TPSA) is 26.3 Å². The first-order chi connectivity index (χ1) is 17.0. The molecule has 192 valence electrons. The Kier molecular flexibility index (Phi) is 9.19.